The van der Waals surface area contributed by atoms with Crippen LogP contribution in [0.1, 0.15) is 37.2 Å². The fourth-order valence-electron chi connectivity index (χ4n) is 4.79. The van der Waals surface area contributed by atoms with Crippen LogP contribution >= 0.6 is 11.6 Å². The van der Waals surface area contributed by atoms with Gasteiger partial charge in [0.1, 0.15) is 23.8 Å². The zero-order valence-electron chi connectivity index (χ0n) is 18.2. The molecule has 0 spiro atoms. The molecule has 2 fully saturated rings. The van der Waals surface area contributed by atoms with E-state index in [1.54, 1.807) is 0 Å². The molecule has 1 atom stereocenters. The van der Waals surface area contributed by atoms with E-state index in [0.717, 1.165) is 25.7 Å². The maximum atomic E-state index is 13.4. The first-order valence-electron chi connectivity index (χ1n) is 11.2. The minimum atomic E-state index is -1.24. The third-order valence-electron chi connectivity index (χ3n) is 6.54. The van der Waals surface area contributed by atoms with Crippen LogP contribution in [0.25, 0.3) is 0 Å². The Kier molecular flexibility index (Phi) is 7.37. The van der Waals surface area contributed by atoms with E-state index in [2.05, 4.69) is 29.2 Å². The van der Waals surface area contributed by atoms with Crippen LogP contribution in [-0.2, 0) is 4.74 Å². The van der Waals surface area contributed by atoms with Gasteiger partial charge >= 0.3 is 0 Å². The highest BCUT2D eigenvalue weighted by atomic mass is 35.5. The number of β-amino-alcohol motifs (C(OH)–C–C–N with tert-alkyl or cyclic N) is 2. The Bertz CT molecular complexity index is 891. The number of rotatable bonds is 6. The lowest BCUT2D eigenvalue weighted by atomic mass is 9.76. The number of benzene rings is 2. The van der Waals surface area contributed by atoms with Gasteiger partial charge in [0.2, 0.25) is 0 Å². The number of hydrogen-bond donors (Lipinski definition) is 2. The summed E-state index contributed by atoms with van der Waals surface area (Å²) in [5.41, 5.74) is -0.679. The smallest absolute Gasteiger partial charge is 0.142 e. The highest BCUT2D eigenvalue weighted by Crippen LogP contribution is 2.38. The second kappa shape index (κ2) is 10.1. The molecule has 1 saturated heterocycles. The average Bonchev–Trinajstić information content (AvgIpc) is 2.97. The molecule has 7 heteroatoms. The highest BCUT2D eigenvalue weighted by Gasteiger charge is 2.39. The molecule has 0 aromatic heterocycles. The van der Waals surface area contributed by atoms with Gasteiger partial charge in [-0.25, -0.2) is 4.39 Å². The van der Waals surface area contributed by atoms with Crippen molar-refractivity contribution in [2.24, 2.45) is 0 Å². The lowest BCUT2D eigenvalue weighted by molar-refractivity contribution is -0.0766. The van der Waals surface area contributed by atoms with Crippen molar-refractivity contribution >= 4 is 11.6 Å². The maximum absolute atomic E-state index is 13.4. The Morgan fingerprint density at radius 1 is 1.09 bits per heavy atom. The van der Waals surface area contributed by atoms with Crippen LogP contribution in [0.15, 0.2) is 48.5 Å². The largest absolute Gasteiger partial charge is 0.490 e. The third-order valence-corrected chi connectivity index (χ3v) is 6.83. The third kappa shape index (κ3) is 6.00. The zero-order chi connectivity index (χ0) is 22.6. The van der Waals surface area contributed by atoms with Crippen molar-refractivity contribution in [2.45, 2.75) is 42.8 Å². The predicted molar refractivity (Wildman–Crippen MR) is 122 cm³/mol. The molecule has 1 aliphatic carbocycles. The molecule has 2 aromatic rings. The van der Waals surface area contributed by atoms with Crippen molar-refractivity contribution in [3.63, 3.8) is 0 Å². The van der Waals surface area contributed by atoms with Gasteiger partial charge in [-0.1, -0.05) is 41.9 Å². The molecular formula is C25H31ClFNO4. The van der Waals surface area contributed by atoms with Crippen LogP contribution in [-0.4, -0.2) is 65.8 Å². The molecule has 2 aliphatic rings. The van der Waals surface area contributed by atoms with Gasteiger partial charge in [0.05, 0.1) is 23.8 Å². The van der Waals surface area contributed by atoms with Crippen molar-refractivity contribution in [1.29, 1.82) is 0 Å². The maximum Gasteiger partial charge on any atom is 0.142 e. The van der Waals surface area contributed by atoms with Crippen molar-refractivity contribution in [2.75, 3.05) is 39.5 Å². The van der Waals surface area contributed by atoms with Crippen molar-refractivity contribution in [3.8, 4) is 5.75 Å². The molecule has 1 aliphatic heterocycles. The monoisotopic (exact) mass is 463 g/mol. The molecule has 0 amide bonds. The van der Waals surface area contributed by atoms with E-state index in [9.17, 15) is 14.6 Å². The second-order valence-corrected chi connectivity index (χ2v) is 9.67. The van der Waals surface area contributed by atoms with Gasteiger partial charge in [-0.15, -0.1) is 0 Å². The Balaban J connectivity index is 1.33. The first-order chi connectivity index (χ1) is 15.3. The average molecular weight is 464 g/mol. The second-order valence-electron chi connectivity index (χ2n) is 9.26. The number of halogens is 2. The Morgan fingerprint density at radius 3 is 2.56 bits per heavy atom. The standard InChI is InChI=1S/C25H31ClFNO4/c26-22-14-21(6-7-23(22)27)32-18-25(30)16-28(12-13-31-17-25)15-24(29)10-8-20(9-11-24)19-4-2-1-3-5-19/h1-7,14,20,29-30H,8-13,15-18H2/t20?,24?,25-/m1/s1. The van der Waals surface area contributed by atoms with E-state index < -0.39 is 17.0 Å². The molecule has 1 saturated carbocycles. The first-order valence-corrected chi connectivity index (χ1v) is 11.6. The predicted octanol–water partition coefficient (Wildman–Crippen LogP) is 4.01. The molecule has 32 heavy (non-hydrogen) atoms. The van der Waals surface area contributed by atoms with Crippen LogP contribution in [0.2, 0.25) is 5.02 Å². The van der Waals surface area contributed by atoms with Crippen LogP contribution in [0, 0.1) is 5.82 Å². The summed E-state index contributed by atoms with van der Waals surface area (Å²) in [6.45, 7) is 2.05. The molecule has 0 unspecified atom stereocenters. The minimum Gasteiger partial charge on any atom is -0.490 e. The summed E-state index contributed by atoms with van der Waals surface area (Å²) < 4.78 is 24.7. The van der Waals surface area contributed by atoms with Crippen molar-refractivity contribution in [1.82, 2.24) is 4.90 Å². The molecular weight excluding hydrogens is 433 g/mol. The number of aliphatic hydroxyl groups is 2. The van der Waals surface area contributed by atoms with E-state index in [0.29, 0.717) is 37.9 Å². The van der Waals surface area contributed by atoms with E-state index in [1.807, 2.05) is 6.07 Å². The summed E-state index contributed by atoms with van der Waals surface area (Å²) in [5.74, 6) is 0.354. The van der Waals surface area contributed by atoms with Gasteiger partial charge < -0.3 is 19.7 Å². The van der Waals surface area contributed by atoms with Gasteiger partial charge in [-0.2, -0.15) is 0 Å². The van der Waals surface area contributed by atoms with Crippen molar-refractivity contribution in [3.05, 3.63) is 64.9 Å². The van der Waals surface area contributed by atoms with Crippen LogP contribution in [0.5, 0.6) is 5.75 Å². The van der Waals surface area contributed by atoms with Crippen LogP contribution < -0.4 is 4.74 Å². The Labute approximate surface area is 193 Å². The lowest BCUT2D eigenvalue weighted by Crippen LogP contribution is -2.53. The fraction of sp³-hybridized carbons (Fsp3) is 0.520. The molecule has 5 nitrogen and oxygen atoms in total. The number of ether oxygens (including phenoxy) is 2. The van der Waals surface area contributed by atoms with Crippen LogP contribution in [0.3, 0.4) is 0 Å². The van der Waals surface area contributed by atoms with E-state index in [-0.39, 0.29) is 18.2 Å². The highest BCUT2D eigenvalue weighted by molar-refractivity contribution is 6.30. The lowest BCUT2D eigenvalue weighted by Gasteiger charge is -2.40. The summed E-state index contributed by atoms with van der Waals surface area (Å²) in [6.07, 6.45) is 3.35. The summed E-state index contributed by atoms with van der Waals surface area (Å²) in [7, 11) is 0. The quantitative estimate of drug-likeness (QED) is 0.677. The van der Waals surface area contributed by atoms with Crippen molar-refractivity contribution < 1.29 is 24.1 Å². The normalized spacial score (nSPS) is 29.4. The topological polar surface area (TPSA) is 62.2 Å². The summed E-state index contributed by atoms with van der Waals surface area (Å²) >= 11 is 5.81. The van der Waals surface area contributed by atoms with Gasteiger partial charge in [0.15, 0.2) is 0 Å². The summed E-state index contributed by atoms with van der Waals surface area (Å²) in [5, 5.41) is 22.4. The molecule has 0 radical (unpaired) electrons. The first kappa shape index (κ1) is 23.5. The van der Waals surface area contributed by atoms with Gasteiger partial charge in [0.25, 0.3) is 0 Å². The molecule has 1 heterocycles. The SMILES string of the molecule is OC1(CN2CCOC[C@@](O)(COc3ccc(F)c(Cl)c3)C2)CCC(c2ccccc2)CC1. The Morgan fingerprint density at radius 2 is 1.84 bits per heavy atom. The van der Waals surface area contributed by atoms with E-state index in [1.165, 1.54) is 23.8 Å². The summed E-state index contributed by atoms with van der Waals surface area (Å²) in [4.78, 5) is 2.07. The number of hydrogen-bond acceptors (Lipinski definition) is 5. The summed E-state index contributed by atoms with van der Waals surface area (Å²) in [6, 6.07) is 14.6. The van der Waals surface area contributed by atoms with Gasteiger partial charge in [-0.3, -0.25) is 4.90 Å². The fourth-order valence-corrected chi connectivity index (χ4v) is 4.96. The van der Waals surface area contributed by atoms with E-state index in [4.69, 9.17) is 21.1 Å². The molecule has 2 N–H and O–H groups in total. The Hall–Kier alpha value is -1.70. The minimum absolute atomic E-state index is 0.0139. The number of nitrogens with zero attached hydrogens (tertiary/aromatic N) is 1. The van der Waals surface area contributed by atoms with Gasteiger partial charge in [-0.05, 0) is 49.3 Å². The van der Waals surface area contributed by atoms with E-state index >= 15 is 0 Å². The zero-order valence-corrected chi connectivity index (χ0v) is 18.9. The molecule has 174 valence electrons. The van der Waals surface area contributed by atoms with Gasteiger partial charge in [0, 0.05) is 25.7 Å². The molecule has 4 rings (SSSR count). The molecule has 0 bridgehead atoms. The molecule has 2 aromatic carbocycles. The van der Waals surface area contributed by atoms with Crippen LogP contribution in [0.4, 0.5) is 4.39 Å².